The van der Waals surface area contributed by atoms with Crippen LogP contribution in [0.15, 0.2) is 31.0 Å². The van der Waals surface area contributed by atoms with E-state index in [0.717, 1.165) is 31.7 Å². The zero-order valence-corrected chi connectivity index (χ0v) is 9.28. The van der Waals surface area contributed by atoms with E-state index in [1.165, 1.54) is 6.08 Å². The van der Waals surface area contributed by atoms with Gasteiger partial charge >= 0.3 is 0 Å². The Balaban J connectivity index is 1.81. The Morgan fingerprint density at radius 2 is 2.31 bits per heavy atom. The minimum absolute atomic E-state index is 0.0401. The summed E-state index contributed by atoms with van der Waals surface area (Å²) in [6.45, 7) is 5.12. The van der Waals surface area contributed by atoms with E-state index in [0.29, 0.717) is 6.04 Å². The average molecular weight is 219 g/mol. The smallest absolute Gasteiger partial charge is 0.245 e. The Kier molecular flexibility index (Phi) is 3.29. The Bertz CT molecular complexity index is 350. The van der Waals surface area contributed by atoms with Crippen LogP contribution in [0, 0.1) is 0 Å². The highest BCUT2D eigenvalue weighted by Gasteiger charge is 2.21. The fourth-order valence-corrected chi connectivity index (χ4v) is 2.01. The van der Waals surface area contributed by atoms with Gasteiger partial charge in [0.25, 0.3) is 0 Å². The summed E-state index contributed by atoms with van der Waals surface area (Å²) >= 11 is 0. The normalized spacial score (nSPS) is 17.1. The first-order valence-electron chi connectivity index (χ1n) is 5.61. The van der Waals surface area contributed by atoms with Crippen LogP contribution in [0.1, 0.15) is 12.8 Å². The average Bonchev–Trinajstić information content (AvgIpc) is 2.82. The van der Waals surface area contributed by atoms with Crippen molar-refractivity contribution in [1.29, 1.82) is 0 Å². The van der Waals surface area contributed by atoms with E-state index in [-0.39, 0.29) is 5.91 Å². The first-order chi connectivity index (χ1) is 7.79. The van der Waals surface area contributed by atoms with E-state index in [9.17, 15) is 4.79 Å². The molecule has 2 heterocycles. The highest BCUT2D eigenvalue weighted by Crippen LogP contribution is 2.15. The number of H-pyrrole nitrogens is 1. The van der Waals surface area contributed by atoms with Gasteiger partial charge in [0.15, 0.2) is 0 Å². The zero-order valence-electron chi connectivity index (χ0n) is 9.28. The van der Waals surface area contributed by atoms with Gasteiger partial charge in [-0.15, -0.1) is 0 Å². The molecule has 1 aliphatic heterocycles. The topological polar surface area (TPSA) is 48.1 Å². The number of aromatic nitrogens is 1. The van der Waals surface area contributed by atoms with E-state index in [1.807, 2.05) is 23.2 Å². The zero-order chi connectivity index (χ0) is 11.4. The lowest BCUT2D eigenvalue weighted by Crippen LogP contribution is -2.41. The lowest BCUT2D eigenvalue weighted by Gasteiger charge is -2.31. The number of piperidine rings is 1. The van der Waals surface area contributed by atoms with Gasteiger partial charge < -0.3 is 15.2 Å². The molecule has 0 aliphatic carbocycles. The molecule has 0 spiro atoms. The Morgan fingerprint density at radius 1 is 1.56 bits per heavy atom. The van der Waals surface area contributed by atoms with E-state index >= 15 is 0 Å². The van der Waals surface area contributed by atoms with Gasteiger partial charge in [0.1, 0.15) is 5.82 Å². The van der Waals surface area contributed by atoms with Gasteiger partial charge in [0.05, 0.1) is 0 Å². The van der Waals surface area contributed by atoms with Gasteiger partial charge in [0.2, 0.25) is 5.91 Å². The third kappa shape index (κ3) is 2.45. The molecule has 1 fully saturated rings. The Morgan fingerprint density at radius 3 is 2.88 bits per heavy atom. The molecule has 0 saturated carbocycles. The second kappa shape index (κ2) is 4.88. The quantitative estimate of drug-likeness (QED) is 0.759. The number of hydrogen-bond acceptors (Lipinski definition) is 2. The second-order valence-corrected chi connectivity index (χ2v) is 4.03. The number of carbonyl (C=O) groups is 1. The number of hydrogen-bond donors (Lipinski definition) is 2. The van der Waals surface area contributed by atoms with E-state index in [4.69, 9.17) is 0 Å². The molecule has 2 rings (SSSR count). The van der Waals surface area contributed by atoms with Crippen LogP contribution in [0.3, 0.4) is 0 Å². The molecule has 1 aromatic heterocycles. The standard InChI is InChI=1S/C12H17N3O/c1-2-12(16)15-8-5-10(6-9-15)14-11-4-3-7-13-11/h2-4,7,10,13-14H,1,5-6,8-9H2. The number of rotatable bonds is 3. The molecule has 0 atom stereocenters. The number of anilines is 1. The molecule has 4 heteroatoms. The lowest BCUT2D eigenvalue weighted by molar-refractivity contribution is -0.126. The summed E-state index contributed by atoms with van der Waals surface area (Å²) in [7, 11) is 0. The maximum Gasteiger partial charge on any atom is 0.245 e. The molecule has 0 unspecified atom stereocenters. The molecule has 1 aliphatic rings. The molecule has 0 bridgehead atoms. The van der Waals surface area contributed by atoms with Crippen molar-refractivity contribution in [2.75, 3.05) is 18.4 Å². The molecule has 4 nitrogen and oxygen atoms in total. The number of nitrogens with zero attached hydrogens (tertiary/aromatic N) is 1. The molecular formula is C12H17N3O. The van der Waals surface area contributed by atoms with Gasteiger partial charge in [-0.1, -0.05) is 6.58 Å². The number of likely N-dealkylation sites (tertiary alicyclic amines) is 1. The highest BCUT2D eigenvalue weighted by molar-refractivity contribution is 5.87. The van der Waals surface area contributed by atoms with E-state index in [1.54, 1.807) is 0 Å². The molecule has 1 aromatic rings. The van der Waals surface area contributed by atoms with Crippen molar-refractivity contribution in [3.8, 4) is 0 Å². The Labute approximate surface area is 95.3 Å². The predicted molar refractivity (Wildman–Crippen MR) is 64.2 cm³/mol. The molecule has 16 heavy (non-hydrogen) atoms. The summed E-state index contributed by atoms with van der Waals surface area (Å²) in [6, 6.07) is 4.44. The van der Waals surface area contributed by atoms with Gasteiger partial charge in [-0.3, -0.25) is 4.79 Å². The highest BCUT2D eigenvalue weighted by atomic mass is 16.2. The van der Waals surface area contributed by atoms with Gasteiger partial charge in [-0.05, 0) is 31.1 Å². The monoisotopic (exact) mass is 219 g/mol. The molecule has 0 aromatic carbocycles. The molecule has 0 radical (unpaired) electrons. The second-order valence-electron chi connectivity index (χ2n) is 4.03. The van der Waals surface area contributed by atoms with Gasteiger partial charge in [-0.25, -0.2) is 0 Å². The number of nitrogens with one attached hydrogen (secondary N) is 2. The summed E-state index contributed by atoms with van der Waals surface area (Å²) in [5.41, 5.74) is 0. The SMILES string of the molecule is C=CC(=O)N1CCC(Nc2ccc[nH]2)CC1. The summed E-state index contributed by atoms with van der Waals surface area (Å²) in [5.74, 6) is 1.09. The third-order valence-electron chi connectivity index (χ3n) is 2.94. The minimum atomic E-state index is 0.0401. The van der Waals surface area contributed by atoms with Crippen molar-refractivity contribution >= 4 is 11.7 Å². The lowest BCUT2D eigenvalue weighted by atomic mass is 10.1. The van der Waals surface area contributed by atoms with Crippen molar-refractivity contribution in [3.63, 3.8) is 0 Å². The fraction of sp³-hybridized carbons (Fsp3) is 0.417. The van der Waals surface area contributed by atoms with Gasteiger partial charge in [-0.2, -0.15) is 0 Å². The first-order valence-corrected chi connectivity index (χ1v) is 5.61. The number of aromatic amines is 1. The van der Waals surface area contributed by atoms with Crippen LogP contribution in [-0.4, -0.2) is 34.9 Å². The fourth-order valence-electron chi connectivity index (χ4n) is 2.01. The largest absolute Gasteiger partial charge is 0.369 e. The number of amides is 1. The first kappa shape index (κ1) is 10.8. The van der Waals surface area contributed by atoms with Crippen molar-refractivity contribution in [3.05, 3.63) is 31.0 Å². The van der Waals surface area contributed by atoms with Gasteiger partial charge in [0, 0.05) is 25.3 Å². The van der Waals surface area contributed by atoms with E-state index < -0.39 is 0 Å². The molecule has 2 N–H and O–H groups in total. The predicted octanol–water partition coefficient (Wildman–Crippen LogP) is 1.60. The van der Waals surface area contributed by atoms with Crippen LogP contribution in [0.2, 0.25) is 0 Å². The summed E-state index contributed by atoms with van der Waals surface area (Å²) in [6.07, 6.45) is 5.26. The van der Waals surface area contributed by atoms with Crippen LogP contribution in [0.5, 0.6) is 0 Å². The van der Waals surface area contributed by atoms with Crippen molar-refractivity contribution in [2.24, 2.45) is 0 Å². The van der Waals surface area contributed by atoms with Crippen LogP contribution in [-0.2, 0) is 4.79 Å². The van der Waals surface area contributed by atoms with Crippen LogP contribution in [0.4, 0.5) is 5.82 Å². The van der Waals surface area contributed by atoms with Crippen LogP contribution >= 0.6 is 0 Å². The maximum atomic E-state index is 11.4. The Hall–Kier alpha value is -1.71. The molecular weight excluding hydrogens is 202 g/mol. The van der Waals surface area contributed by atoms with Crippen molar-refractivity contribution in [2.45, 2.75) is 18.9 Å². The van der Waals surface area contributed by atoms with Crippen molar-refractivity contribution < 1.29 is 4.79 Å². The van der Waals surface area contributed by atoms with Crippen molar-refractivity contribution in [1.82, 2.24) is 9.88 Å². The molecule has 1 saturated heterocycles. The summed E-state index contributed by atoms with van der Waals surface area (Å²) in [4.78, 5) is 16.3. The molecule has 86 valence electrons. The summed E-state index contributed by atoms with van der Waals surface area (Å²) < 4.78 is 0. The van der Waals surface area contributed by atoms with Crippen LogP contribution < -0.4 is 5.32 Å². The molecule has 1 amide bonds. The number of carbonyl (C=O) groups excluding carboxylic acids is 1. The third-order valence-corrected chi connectivity index (χ3v) is 2.94. The summed E-state index contributed by atoms with van der Waals surface area (Å²) in [5, 5.41) is 3.42. The van der Waals surface area contributed by atoms with E-state index in [2.05, 4.69) is 16.9 Å². The maximum absolute atomic E-state index is 11.4. The van der Waals surface area contributed by atoms with Crippen LogP contribution in [0.25, 0.3) is 0 Å². The minimum Gasteiger partial charge on any atom is -0.369 e.